The Hall–Kier alpha value is -1.35. The van der Waals surface area contributed by atoms with Gasteiger partial charge < -0.3 is 10.2 Å². The lowest BCUT2D eigenvalue weighted by Crippen LogP contribution is -2.14. The van der Waals surface area contributed by atoms with E-state index < -0.39 is 12.1 Å². The zero-order chi connectivity index (χ0) is 13.0. The van der Waals surface area contributed by atoms with Crippen molar-refractivity contribution in [3.8, 4) is 0 Å². The highest BCUT2D eigenvalue weighted by atomic mass is 16.4. The Balaban J connectivity index is 2.28. The molecular weight excluding hydrogens is 228 g/mol. The maximum absolute atomic E-state index is 11.0. The van der Waals surface area contributed by atoms with Crippen molar-refractivity contribution < 1.29 is 15.0 Å². The van der Waals surface area contributed by atoms with Gasteiger partial charge in [0.1, 0.15) is 0 Å². The van der Waals surface area contributed by atoms with E-state index in [0.29, 0.717) is 11.5 Å². The van der Waals surface area contributed by atoms with E-state index in [1.165, 1.54) is 25.7 Å². The topological polar surface area (TPSA) is 57.5 Å². The molecule has 0 amide bonds. The number of aliphatic hydroxyl groups is 1. The molecule has 3 nitrogen and oxygen atoms in total. The Morgan fingerprint density at radius 2 is 1.72 bits per heavy atom. The molecular formula is C15H20O3. The normalized spacial score (nSPS) is 19.2. The van der Waals surface area contributed by atoms with Crippen molar-refractivity contribution >= 4 is 5.97 Å². The highest BCUT2D eigenvalue weighted by Gasteiger charge is 2.23. The van der Waals surface area contributed by atoms with Crippen molar-refractivity contribution in [2.75, 3.05) is 0 Å². The molecule has 1 aromatic rings. The molecule has 0 aliphatic heterocycles. The summed E-state index contributed by atoms with van der Waals surface area (Å²) in [6, 6.07) is 7.43. The van der Waals surface area contributed by atoms with Crippen LogP contribution in [-0.2, 0) is 4.79 Å². The van der Waals surface area contributed by atoms with Gasteiger partial charge in [-0.25, -0.2) is 4.79 Å². The number of carboxylic acids is 1. The lowest BCUT2D eigenvalue weighted by atomic mass is 9.86. The van der Waals surface area contributed by atoms with Crippen LogP contribution in [0, 0.1) is 0 Å². The number of aliphatic hydroxyl groups excluding tert-OH is 1. The number of carbonyl (C=O) groups is 1. The Kier molecular flexibility index (Phi) is 4.37. The average Bonchev–Trinajstić information content (AvgIpc) is 2.66. The van der Waals surface area contributed by atoms with Gasteiger partial charge in [-0.15, -0.1) is 0 Å². The van der Waals surface area contributed by atoms with Gasteiger partial charge in [-0.1, -0.05) is 49.9 Å². The van der Waals surface area contributed by atoms with Crippen LogP contribution in [0.25, 0.3) is 0 Å². The van der Waals surface area contributed by atoms with E-state index in [1.807, 2.05) is 12.1 Å². The van der Waals surface area contributed by atoms with E-state index in [4.69, 9.17) is 5.11 Å². The van der Waals surface area contributed by atoms with Crippen LogP contribution in [0.5, 0.6) is 0 Å². The van der Waals surface area contributed by atoms with Crippen molar-refractivity contribution in [1.29, 1.82) is 0 Å². The van der Waals surface area contributed by atoms with Gasteiger partial charge in [-0.2, -0.15) is 0 Å². The fourth-order valence-electron chi connectivity index (χ4n) is 2.86. The molecule has 1 saturated carbocycles. The highest BCUT2D eigenvalue weighted by molar-refractivity contribution is 5.74. The molecule has 2 rings (SSSR count). The minimum atomic E-state index is -1.40. The number of benzene rings is 1. The van der Waals surface area contributed by atoms with Crippen molar-refractivity contribution in [2.45, 2.75) is 50.5 Å². The summed E-state index contributed by atoms with van der Waals surface area (Å²) in [6.45, 7) is 0. The van der Waals surface area contributed by atoms with Crippen LogP contribution < -0.4 is 0 Å². The van der Waals surface area contributed by atoms with E-state index in [9.17, 15) is 9.90 Å². The number of hydrogen-bond donors (Lipinski definition) is 2. The van der Waals surface area contributed by atoms with Gasteiger partial charge in [-0.05, 0) is 29.9 Å². The molecule has 2 N–H and O–H groups in total. The maximum Gasteiger partial charge on any atom is 0.337 e. The van der Waals surface area contributed by atoms with E-state index >= 15 is 0 Å². The van der Waals surface area contributed by atoms with Gasteiger partial charge in [-0.3, -0.25) is 0 Å². The van der Waals surface area contributed by atoms with Crippen molar-refractivity contribution in [3.63, 3.8) is 0 Å². The van der Waals surface area contributed by atoms with E-state index in [-0.39, 0.29) is 0 Å². The van der Waals surface area contributed by atoms with Crippen LogP contribution in [0.4, 0.5) is 0 Å². The van der Waals surface area contributed by atoms with Gasteiger partial charge in [0.15, 0.2) is 6.10 Å². The molecule has 1 aliphatic rings. The first-order chi connectivity index (χ1) is 8.70. The molecule has 0 radical (unpaired) electrons. The van der Waals surface area contributed by atoms with E-state index in [1.54, 1.807) is 12.1 Å². The van der Waals surface area contributed by atoms with Crippen LogP contribution in [0.15, 0.2) is 24.3 Å². The molecule has 0 saturated heterocycles. The lowest BCUT2D eigenvalue weighted by Gasteiger charge is -2.20. The molecule has 1 unspecified atom stereocenters. The standard InChI is InChI=1S/C15H20O3/c16-14(15(17)18)13-10-6-5-9-12(13)11-7-3-1-2-4-8-11/h5-6,9-11,14,16H,1-4,7-8H2,(H,17,18). The van der Waals surface area contributed by atoms with Crippen LogP contribution in [0.1, 0.15) is 61.7 Å². The van der Waals surface area contributed by atoms with Crippen molar-refractivity contribution in [1.82, 2.24) is 0 Å². The van der Waals surface area contributed by atoms with Crippen molar-refractivity contribution in [3.05, 3.63) is 35.4 Å². The van der Waals surface area contributed by atoms with Gasteiger partial charge in [0.05, 0.1) is 0 Å². The van der Waals surface area contributed by atoms with Crippen LogP contribution >= 0.6 is 0 Å². The Morgan fingerprint density at radius 3 is 2.33 bits per heavy atom. The molecule has 98 valence electrons. The first kappa shape index (κ1) is 13.1. The fraction of sp³-hybridized carbons (Fsp3) is 0.533. The molecule has 3 heteroatoms. The predicted octanol–water partition coefficient (Wildman–Crippen LogP) is 3.24. The summed E-state index contributed by atoms with van der Waals surface area (Å²) in [4.78, 5) is 11.0. The molecule has 1 aromatic carbocycles. The SMILES string of the molecule is O=C(O)C(O)c1ccccc1C1CCCCCC1. The Bertz CT molecular complexity index is 406. The number of aliphatic carboxylic acids is 1. The van der Waals surface area contributed by atoms with Gasteiger partial charge in [0.25, 0.3) is 0 Å². The summed E-state index contributed by atoms with van der Waals surface area (Å²) in [5.74, 6) is -0.770. The summed E-state index contributed by atoms with van der Waals surface area (Å²) in [5.41, 5.74) is 1.59. The summed E-state index contributed by atoms with van der Waals surface area (Å²) in [5, 5.41) is 18.7. The van der Waals surface area contributed by atoms with E-state index in [0.717, 1.165) is 18.4 Å². The third kappa shape index (κ3) is 2.91. The second-order valence-corrected chi connectivity index (χ2v) is 5.06. The quantitative estimate of drug-likeness (QED) is 0.807. The van der Waals surface area contributed by atoms with Gasteiger partial charge in [0.2, 0.25) is 0 Å². The number of hydrogen-bond acceptors (Lipinski definition) is 2. The number of carboxylic acid groups (broad SMARTS) is 1. The largest absolute Gasteiger partial charge is 0.479 e. The van der Waals surface area contributed by atoms with E-state index in [2.05, 4.69) is 0 Å². The molecule has 0 spiro atoms. The third-order valence-electron chi connectivity index (χ3n) is 3.82. The molecule has 1 aliphatic carbocycles. The summed E-state index contributed by atoms with van der Waals surface area (Å²) >= 11 is 0. The third-order valence-corrected chi connectivity index (χ3v) is 3.82. The number of rotatable bonds is 3. The first-order valence-electron chi connectivity index (χ1n) is 6.70. The monoisotopic (exact) mass is 248 g/mol. The summed E-state index contributed by atoms with van der Waals surface area (Å²) in [6.07, 6.45) is 5.72. The lowest BCUT2D eigenvalue weighted by molar-refractivity contribution is -0.147. The molecule has 1 fully saturated rings. The second-order valence-electron chi connectivity index (χ2n) is 5.06. The summed E-state index contributed by atoms with van der Waals surface area (Å²) < 4.78 is 0. The van der Waals surface area contributed by atoms with Gasteiger partial charge >= 0.3 is 5.97 Å². The Morgan fingerprint density at radius 1 is 1.11 bits per heavy atom. The molecule has 1 atom stereocenters. The minimum Gasteiger partial charge on any atom is -0.479 e. The second kappa shape index (κ2) is 6.01. The molecule has 0 aromatic heterocycles. The molecule has 18 heavy (non-hydrogen) atoms. The maximum atomic E-state index is 11.0. The fourth-order valence-corrected chi connectivity index (χ4v) is 2.86. The molecule has 0 heterocycles. The van der Waals surface area contributed by atoms with Crippen molar-refractivity contribution in [2.24, 2.45) is 0 Å². The smallest absolute Gasteiger partial charge is 0.337 e. The first-order valence-corrected chi connectivity index (χ1v) is 6.70. The van der Waals surface area contributed by atoms with Crippen LogP contribution in [-0.4, -0.2) is 16.2 Å². The highest BCUT2D eigenvalue weighted by Crippen LogP contribution is 2.35. The van der Waals surface area contributed by atoms with Crippen LogP contribution in [0.3, 0.4) is 0 Å². The zero-order valence-electron chi connectivity index (χ0n) is 10.5. The predicted molar refractivity (Wildman–Crippen MR) is 69.5 cm³/mol. The van der Waals surface area contributed by atoms with Gasteiger partial charge in [0, 0.05) is 0 Å². The summed E-state index contributed by atoms with van der Waals surface area (Å²) in [7, 11) is 0. The zero-order valence-corrected chi connectivity index (χ0v) is 10.5. The van der Waals surface area contributed by atoms with Crippen LogP contribution in [0.2, 0.25) is 0 Å². The molecule has 0 bridgehead atoms. The average molecular weight is 248 g/mol. The minimum absolute atomic E-state index is 0.401. The Labute approximate surface area is 107 Å².